The molecule has 0 saturated carbocycles. The number of rotatable bonds is 3. The summed E-state index contributed by atoms with van der Waals surface area (Å²) in [5, 5.41) is 8.81. The van der Waals surface area contributed by atoms with Gasteiger partial charge in [-0.15, -0.1) is 0 Å². The molecule has 0 fully saturated rings. The molecule has 1 aromatic rings. The number of carboxylic acid groups (broad SMARTS) is 1. The molecular formula is C13H16N2O2. The molecule has 0 amide bonds. The normalized spacial score (nSPS) is 18.8. The van der Waals surface area contributed by atoms with Crippen LogP contribution in [0.15, 0.2) is 36.7 Å². The number of hydrogen-bond donors (Lipinski definition) is 1. The quantitative estimate of drug-likeness (QED) is 0.865. The lowest BCUT2D eigenvalue weighted by Crippen LogP contribution is -2.32. The highest BCUT2D eigenvalue weighted by Gasteiger charge is 2.18. The van der Waals surface area contributed by atoms with Gasteiger partial charge in [0.2, 0.25) is 0 Å². The second kappa shape index (κ2) is 4.49. The van der Waals surface area contributed by atoms with E-state index in [1.54, 1.807) is 12.1 Å². The number of nitrogens with zero attached hydrogens (tertiary/aromatic N) is 2. The first-order chi connectivity index (χ1) is 8.08. The van der Waals surface area contributed by atoms with Gasteiger partial charge in [-0.3, -0.25) is 0 Å². The zero-order chi connectivity index (χ0) is 12.4. The lowest BCUT2D eigenvalue weighted by molar-refractivity contribution is 0.0697. The molecule has 90 valence electrons. The molecule has 0 radical (unpaired) electrons. The van der Waals surface area contributed by atoms with Crippen LogP contribution in [0.1, 0.15) is 22.8 Å². The van der Waals surface area contributed by atoms with Crippen LogP contribution in [0.25, 0.3) is 0 Å². The van der Waals surface area contributed by atoms with Gasteiger partial charge in [-0.1, -0.05) is 12.1 Å². The third-order valence-corrected chi connectivity index (χ3v) is 3.13. The van der Waals surface area contributed by atoms with Crippen LogP contribution in [0.3, 0.4) is 0 Å². The second-order valence-electron chi connectivity index (χ2n) is 4.27. The minimum atomic E-state index is -0.884. The zero-order valence-electron chi connectivity index (χ0n) is 10.00. The van der Waals surface area contributed by atoms with Gasteiger partial charge >= 0.3 is 5.97 Å². The number of hydrogen-bond acceptors (Lipinski definition) is 3. The molecule has 4 heteroatoms. The average molecular weight is 232 g/mol. The molecule has 0 spiro atoms. The van der Waals surface area contributed by atoms with Crippen molar-refractivity contribution >= 4 is 5.97 Å². The summed E-state index contributed by atoms with van der Waals surface area (Å²) in [4.78, 5) is 15.1. The zero-order valence-corrected chi connectivity index (χ0v) is 10.00. The fourth-order valence-corrected chi connectivity index (χ4v) is 1.82. The van der Waals surface area contributed by atoms with E-state index < -0.39 is 5.97 Å². The molecule has 17 heavy (non-hydrogen) atoms. The predicted molar refractivity (Wildman–Crippen MR) is 65.3 cm³/mol. The summed E-state index contributed by atoms with van der Waals surface area (Å²) in [7, 11) is 2.04. The van der Waals surface area contributed by atoms with Crippen LogP contribution in [0.2, 0.25) is 0 Å². The van der Waals surface area contributed by atoms with Crippen molar-refractivity contribution < 1.29 is 9.90 Å². The van der Waals surface area contributed by atoms with Crippen LogP contribution in [0.5, 0.6) is 0 Å². The highest BCUT2D eigenvalue weighted by Crippen LogP contribution is 2.17. The van der Waals surface area contributed by atoms with Crippen molar-refractivity contribution in [1.29, 1.82) is 0 Å². The van der Waals surface area contributed by atoms with Crippen molar-refractivity contribution in [3.63, 3.8) is 0 Å². The molecule has 1 N–H and O–H groups in total. The summed E-state index contributed by atoms with van der Waals surface area (Å²) >= 11 is 0. The molecule has 1 heterocycles. The molecule has 4 nitrogen and oxygen atoms in total. The predicted octanol–water partition coefficient (Wildman–Crippen LogP) is 1.95. The van der Waals surface area contributed by atoms with E-state index in [2.05, 4.69) is 22.9 Å². The number of carbonyl (C=O) groups is 1. The number of carboxylic acids is 1. The van der Waals surface area contributed by atoms with E-state index in [1.807, 2.05) is 25.4 Å². The molecule has 0 aliphatic carbocycles. The summed E-state index contributed by atoms with van der Waals surface area (Å²) in [6.07, 6.45) is 4.43. The summed E-state index contributed by atoms with van der Waals surface area (Å²) in [6.45, 7) is 2.92. The Hall–Kier alpha value is -1.97. The van der Waals surface area contributed by atoms with E-state index in [9.17, 15) is 4.79 Å². The number of aromatic carboxylic acids is 1. The molecule has 1 atom stereocenters. The number of benzene rings is 1. The molecule has 0 saturated heterocycles. The van der Waals surface area contributed by atoms with E-state index >= 15 is 0 Å². The van der Waals surface area contributed by atoms with Crippen molar-refractivity contribution in [3.05, 3.63) is 47.8 Å². The first-order valence-corrected chi connectivity index (χ1v) is 5.56. The smallest absolute Gasteiger partial charge is 0.335 e. The van der Waals surface area contributed by atoms with Crippen LogP contribution in [0, 0.1) is 0 Å². The molecule has 1 unspecified atom stereocenters. The van der Waals surface area contributed by atoms with Crippen molar-refractivity contribution in [3.8, 4) is 0 Å². The van der Waals surface area contributed by atoms with Gasteiger partial charge in [0.15, 0.2) is 0 Å². The first-order valence-electron chi connectivity index (χ1n) is 5.56. The van der Waals surface area contributed by atoms with Gasteiger partial charge in [-0.25, -0.2) is 4.79 Å². The van der Waals surface area contributed by atoms with Crippen molar-refractivity contribution in [2.24, 2.45) is 0 Å². The van der Waals surface area contributed by atoms with E-state index in [0.29, 0.717) is 11.7 Å². The van der Waals surface area contributed by atoms with Gasteiger partial charge in [0.25, 0.3) is 0 Å². The summed E-state index contributed by atoms with van der Waals surface area (Å²) in [6, 6.07) is 7.02. The Morgan fingerprint density at radius 2 is 1.94 bits per heavy atom. The maximum absolute atomic E-state index is 10.7. The standard InChI is InChI=1S/C13H16N2O2/c1-10-14(2)7-8-15(10)9-11-3-5-12(6-4-11)13(16)17/h3-8,10H,9H2,1-2H3,(H,16,17). The SMILES string of the molecule is CC1N(C)C=CN1Cc1ccc(C(=O)O)cc1. The minimum Gasteiger partial charge on any atom is -0.478 e. The largest absolute Gasteiger partial charge is 0.478 e. The van der Waals surface area contributed by atoms with E-state index in [4.69, 9.17) is 5.11 Å². The lowest BCUT2D eigenvalue weighted by Gasteiger charge is -2.27. The topological polar surface area (TPSA) is 43.8 Å². The van der Waals surface area contributed by atoms with Crippen LogP contribution in [-0.4, -0.2) is 34.1 Å². The van der Waals surface area contributed by atoms with Gasteiger partial charge in [-0.05, 0) is 24.6 Å². The Morgan fingerprint density at radius 3 is 2.41 bits per heavy atom. The minimum absolute atomic E-state index is 0.330. The Labute approximate surface area is 101 Å². The Morgan fingerprint density at radius 1 is 1.29 bits per heavy atom. The molecule has 0 aromatic heterocycles. The van der Waals surface area contributed by atoms with Crippen molar-refractivity contribution in [2.45, 2.75) is 19.6 Å². The molecule has 1 aliphatic rings. The third-order valence-electron chi connectivity index (χ3n) is 3.13. The van der Waals surface area contributed by atoms with Crippen molar-refractivity contribution in [2.75, 3.05) is 7.05 Å². The molecule has 0 bridgehead atoms. The Bertz CT molecular complexity index is 439. The van der Waals surface area contributed by atoms with Gasteiger partial charge in [0, 0.05) is 26.0 Å². The maximum Gasteiger partial charge on any atom is 0.335 e. The van der Waals surface area contributed by atoms with Gasteiger partial charge < -0.3 is 14.9 Å². The van der Waals surface area contributed by atoms with E-state index in [0.717, 1.165) is 12.1 Å². The summed E-state index contributed by atoms with van der Waals surface area (Å²) in [5.41, 5.74) is 1.44. The Balaban J connectivity index is 2.05. The van der Waals surface area contributed by atoms with E-state index in [1.165, 1.54) is 0 Å². The molecule has 1 aromatic carbocycles. The van der Waals surface area contributed by atoms with Gasteiger partial charge in [0.1, 0.15) is 0 Å². The monoisotopic (exact) mass is 232 g/mol. The maximum atomic E-state index is 10.7. The van der Waals surface area contributed by atoms with Crippen molar-refractivity contribution in [1.82, 2.24) is 9.80 Å². The third kappa shape index (κ3) is 2.41. The lowest BCUT2D eigenvalue weighted by atomic mass is 10.1. The van der Waals surface area contributed by atoms with Crippen LogP contribution >= 0.6 is 0 Å². The van der Waals surface area contributed by atoms with Gasteiger partial charge in [0.05, 0.1) is 11.7 Å². The highest BCUT2D eigenvalue weighted by atomic mass is 16.4. The average Bonchev–Trinajstić information content (AvgIpc) is 2.62. The molecule has 2 rings (SSSR count). The molecular weight excluding hydrogens is 216 g/mol. The van der Waals surface area contributed by atoms with Gasteiger partial charge in [-0.2, -0.15) is 0 Å². The summed E-state index contributed by atoms with van der Waals surface area (Å²) in [5.74, 6) is -0.884. The van der Waals surface area contributed by atoms with Crippen LogP contribution in [-0.2, 0) is 6.54 Å². The first kappa shape index (κ1) is 11.5. The summed E-state index contributed by atoms with van der Waals surface area (Å²) < 4.78 is 0. The Kier molecular flexibility index (Phi) is 3.04. The highest BCUT2D eigenvalue weighted by molar-refractivity contribution is 5.87. The van der Waals surface area contributed by atoms with Crippen LogP contribution < -0.4 is 0 Å². The fraction of sp³-hybridized carbons (Fsp3) is 0.308. The van der Waals surface area contributed by atoms with E-state index in [-0.39, 0.29) is 0 Å². The van der Waals surface area contributed by atoms with Crippen LogP contribution in [0.4, 0.5) is 0 Å². The molecule has 1 aliphatic heterocycles. The second-order valence-corrected chi connectivity index (χ2v) is 4.27. The fourth-order valence-electron chi connectivity index (χ4n) is 1.82.